The molecule has 0 fully saturated rings. The Hall–Kier alpha value is -3.01. The second kappa shape index (κ2) is 6.18. The van der Waals surface area contributed by atoms with Crippen molar-refractivity contribution in [2.75, 3.05) is 5.43 Å². The van der Waals surface area contributed by atoms with Gasteiger partial charge in [-0.15, -0.1) is 0 Å². The summed E-state index contributed by atoms with van der Waals surface area (Å²) in [4.78, 5) is 11.9. The molecule has 2 N–H and O–H groups in total. The summed E-state index contributed by atoms with van der Waals surface area (Å²) in [5.74, 6) is -0.644. The number of nitriles is 1. The predicted octanol–water partition coefficient (Wildman–Crippen LogP) is 3.33. The van der Waals surface area contributed by atoms with Gasteiger partial charge in [-0.05, 0) is 30.3 Å². The van der Waals surface area contributed by atoms with Crippen molar-refractivity contribution in [1.29, 1.82) is 5.26 Å². The van der Waals surface area contributed by atoms with E-state index in [0.29, 0.717) is 0 Å². The molecule has 2 aromatic rings. The Morgan fingerprint density at radius 2 is 1.82 bits per heavy atom. The summed E-state index contributed by atoms with van der Waals surface area (Å²) < 4.78 is 38.4. The van der Waals surface area contributed by atoms with Gasteiger partial charge in [0.15, 0.2) is 0 Å². The van der Waals surface area contributed by atoms with Gasteiger partial charge in [0.05, 0.1) is 22.9 Å². The van der Waals surface area contributed by atoms with Crippen molar-refractivity contribution in [3.05, 3.63) is 65.2 Å². The van der Waals surface area contributed by atoms with Gasteiger partial charge in [0.25, 0.3) is 5.91 Å². The Balaban J connectivity index is 2.14. The van der Waals surface area contributed by atoms with Gasteiger partial charge in [-0.3, -0.25) is 15.6 Å². The Morgan fingerprint density at radius 1 is 1.09 bits per heavy atom. The van der Waals surface area contributed by atoms with Gasteiger partial charge in [-0.1, -0.05) is 18.2 Å². The van der Waals surface area contributed by atoms with Crippen molar-refractivity contribution in [3.8, 4) is 6.07 Å². The van der Waals surface area contributed by atoms with Gasteiger partial charge in [0.1, 0.15) is 0 Å². The lowest BCUT2D eigenvalue weighted by atomic mass is 10.1. The number of anilines is 1. The number of hydrogen-bond acceptors (Lipinski definition) is 3. The van der Waals surface area contributed by atoms with Crippen LogP contribution in [0.15, 0.2) is 48.5 Å². The number of rotatable bonds is 3. The molecule has 7 heteroatoms. The van der Waals surface area contributed by atoms with E-state index in [0.717, 1.165) is 6.07 Å². The minimum atomic E-state index is -4.53. The number of carbonyl (C=O) groups excluding carboxylic acids is 1. The van der Waals surface area contributed by atoms with E-state index in [-0.39, 0.29) is 16.8 Å². The summed E-state index contributed by atoms with van der Waals surface area (Å²) in [6.45, 7) is 0. The van der Waals surface area contributed by atoms with Crippen LogP contribution in [0.4, 0.5) is 18.9 Å². The summed E-state index contributed by atoms with van der Waals surface area (Å²) in [6.07, 6.45) is -4.53. The van der Waals surface area contributed by atoms with Crippen molar-refractivity contribution in [2.24, 2.45) is 0 Å². The average molecular weight is 305 g/mol. The van der Waals surface area contributed by atoms with Gasteiger partial charge in [0.2, 0.25) is 0 Å². The maximum absolute atomic E-state index is 12.8. The molecule has 0 aliphatic carbocycles. The Morgan fingerprint density at radius 3 is 2.50 bits per heavy atom. The number of hydrogen-bond donors (Lipinski definition) is 2. The molecule has 1 amide bonds. The first-order valence-corrected chi connectivity index (χ1v) is 6.14. The van der Waals surface area contributed by atoms with Crippen molar-refractivity contribution in [1.82, 2.24) is 5.43 Å². The molecule has 0 unspecified atom stereocenters. The Labute approximate surface area is 124 Å². The van der Waals surface area contributed by atoms with Crippen LogP contribution in [0.2, 0.25) is 0 Å². The lowest BCUT2D eigenvalue weighted by Crippen LogP contribution is -2.30. The van der Waals surface area contributed by atoms with Gasteiger partial charge < -0.3 is 0 Å². The smallest absolute Gasteiger partial charge is 0.298 e. The third-order valence-corrected chi connectivity index (χ3v) is 2.80. The number of alkyl halides is 3. The van der Waals surface area contributed by atoms with Crippen LogP contribution in [0.3, 0.4) is 0 Å². The van der Waals surface area contributed by atoms with E-state index in [2.05, 4.69) is 10.9 Å². The van der Waals surface area contributed by atoms with E-state index >= 15 is 0 Å². The lowest BCUT2D eigenvalue weighted by Gasteiger charge is -2.14. The lowest BCUT2D eigenvalue weighted by molar-refractivity contribution is -0.137. The van der Waals surface area contributed by atoms with E-state index in [1.165, 1.54) is 42.5 Å². The summed E-state index contributed by atoms with van der Waals surface area (Å²) in [7, 11) is 0. The van der Waals surface area contributed by atoms with Gasteiger partial charge >= 0.3 is 6.18 Å². The van der Waals surface area contributed by atoms with Gasteiger partial charge in [-0.2, -0.15) is 18.4 Å². The zero-order chi connectivity index (χ0) is 16.2. The van der Waals surface area contributed by atoms with E-state index in [1.54, 1.807) is 0 Å². The Kier molecular flexibility index (Phi) is 4.32. The highest BCUT2D eigenvalue weighted by atomic mass is 19.4. The largest absolute Gasteiger partial charge is 0.418 e. The molecule has 2 aromatic carbocycles. The van der Waals surface area contributed by atoms with Crippen LogP contribution >= 0.6 is 0 Å². The maximum Gasteiger partial charge on any atom is 0.418 e. The van der Waals surface area contributed by atoms with Crippen LogP contribution in [0, 0.1) is 11.3 Å². The van der Waals surface area contributed by atoms with Gasteiger partial charge in [0, 0.05) is 5.56 Å². The molecule has 0 aromatic heterocycles. The molecule has 4 nitrogen and oxygen atoms in total. The molecular weight excluding hydrogens is 295 g/mol. The molecule has 0 spiro atoms. The van der Waals surface area contributed by atoms with Crippen molar-refractivity contribution in [3.63, 3.8) is 0 Å². The van der Waals surface area contributed by atoms with Crippen LogP contribution in [0.5, 0.6) is 0 Å². The molecule has 22 heavy (non-hydrogen) atoms. The fraction of sp³-hybridized carbons (Fsp3) is 0.0667. The molecule has 0 bridgehead atoms. The highest BCUT2D eigenvalue weighted by Gasteiger charge is 2.33. The third-order valence-electron chi connectivity index (χ3n) is 2.80. The molecule has 2 rings (SSSR count). The van der Waals surface area contributed by atoms with Crippen LogP contribution in [-0.4, -0.2) is 5.91 Å². The molecular formula is C15H10F3N3O. The van der Waals surface area contributed by atoms with E-state index in [4.69, 9.17) is 5.26 Å². The average Bonchev–Trinajstić information content (AvgIpc) is 2.52. The Bertz CT molecular complexity index is 735. The minimum Gasteiger partial charge on any atom is -0.298 e. The topological polar surface area (TPSA) is 64.9 Å². The quantitative estimate of drug-likeness (QED) is 0.855. The minimum absolute atomic E-state index is 0.163. The van der Waals surface area contributed by atoms with Gasteiger partial charge in [-0.25, -0.2) is 0 Å². The first-order valence-electron chi connectivity index (χ1n) is 6.14. The summed E-state index contributed by atoms with van der Waals surface area (Å²) >= 11 is 0. The second-order valence-corrected chi connectivity index (χ2v) is 4.32. The molecule has 0 heterocycles. The standard InChI is InChI=1S/C15H10F3N3O/c16-15(17,18)12-6-1-2-7-13(12)20-21-14(22)11-5-3-4-10(8-11)9-19/h1-8,20H,(H,21,22). The predicted molar refractivity (Wildman–Crippen MR) is 73.7 cm³/mol. The first kappa shape index (κ1) is 15.4. The number of nitrogens with one attached hydrogen (secondary N) is 2. The fourth-order valence-electron chi connectivity index (χ4n) is 1.77. The number of benzene rings is 2. The number of para-hydroxylation sites is 1. The maximum atomic E-state index is 12.8. The van der Waals surface area contributed by atoms with E-state index < -0.39 is 17.6 Å². The molecule has 0 aliphatic rings. The molecule has 0 radical (unpaired) electrons. The van der Waals surface area contributed by atoms with Crippen LogP contribution in [0.25, 0.3) is 0 Å². The molecule has 0 saturated carbocycles. The molecule has 112 valence electrons. The fourth-order valence-corrected chi connectivity index (χ4v) is 1.77. The number of carbonyl (C=O) groups is 1. The number of nitrogens with zero attached hydrogens (tertiary/aromatic N) is 1. The zero-order valence-corrected chi connectivity index (χ0v) is 11.1. The van der Waals surface area contributed by atoms with Crippen LogP contribution in [0.1, 0.15) is 21.5 Å². The monoisotopic (exact) mass is 305 g/mol. The van der Waals surface area contributed by atoms with Crippen molar-refractivity contribution in [2.45, 2.75) is 6.18 Å². The van der Waals surface area contributed by atoms with E-state index in [9.17, 15) is 18.0 Å². The van der Waals surface area contributed by atoms with Crippen molar-refractivity contribution < 1.29 is 18.0 Å². The number of hydrazine groups is 1. The molecule has 0 atom stereocenters. The highest BCUT2D eigenvalue weighted by molar-refractivity contribution is 5.95. The zero-order valence-electron chi connectivity index (χ0n) is 11.1. The summed E-state index contributed by atoms with van der Waals surface area (Å²) in [5, 5.41) is 8.76. The third kappa shape index (κ3) is 3.55. The normalized spacial score (nSPS) is 10.6. The van der Waals surface area contributed by atoms with Crippen molar-refractivity contribution >= 4 is 11.6 Å². The number of amides is 1. The molecule has 0 saturated heterocycles. The molecule has 0 aliphatic heterocycles. The number of halogens is 3. The van der Waals surface area contributed by atoms with E-state index in [1.807, 2.05) is 6.07 Å². The van der Waals surface area contributed by atoms with Crippen LogP contribution in [-0.2, 0) is 6.18 Å². The summed E-state index contributed by atoms with van der Waals surface area (Å²) in [6, 6.07) is 12.5. The second-order valence-electron chi connectivity index (χ2n) is 4.32. The highest BCUT2D eigenvalue weighted by Crippen LogP contribution is 2.34. The summed E-state index contributed by atoms with van der Waals surface area (Å²) in [5.41, 5.74) is 3.73. The SMILES string of the molecule is N#Cc1cccc(C(=O)NNc2ccccc2C(F)(F)F)c1. The van der Waals surface area contributed by atoms with Crippen LogP contribution < -0.4 is 10.9 Å². The first-order chi connectivity index (χ1) is 10.4.